The average molecular weight is 623 g/mol. The average Bonchev–Trinajstić information content (AvgIpc) is 3.75. The van der Waals surface area contributed by atoms with Gasteiger partial charge in [0.05, 0.1) is 40.0 Å². The SMILES string of the molecule is C=CC(=O)Nc1ccc(C(=O)N2CCN(C(=O)c3cc4nc(-c5cccc6[nH]ncc56)nc(N5CCOCC5)c4s3)CC2)cc1. The molecule has 3 amide bonds. The number of rotatable bonds is 6. The fourth-order valence-electron chi connectivity index (χ4n) is 5.63. The first-order valence-electron chi connectivity index (χ1n) is 14.7. The van der Waals surface area contributed by atoms with Gasteiger partial charge < -0.3 is 24.8 Å². The number of ether oxygens (including phenoxy) is 1. The van der Waals surface area contributed by atoms with Gasteiger partial charge in [-0.2, -0.15) is 5.10 Å². The van der Waals surface area contributed by atoms with Crippen LogP contribution in [0.1, 0.15) is 20.0 Å². The normalized spacial score (nSPS) is 15.4. The molecule has 2 aromatic carbocycles. The monoisotopic (exact) mass is 622 g/mol. The van der Waals surface area contributed by atoms with E-state index in [1.807, 2.05) is 24.3 Å². The molecule has 3 aromatic heterocycles. The van der Waals surface area contributed by atoms with Crippen LogP contribution >= 0.6 is 11.3 Å². The van der Waals surface area contributed by atoms with Crippen LogP contribution in [0.4, 0.5) is 11.5 Å². The second-order valence-electron chi connectivity index (χ2n) is 10.8. The van der Waals surface area contributed by atoms with E-state index in [9.17, 15) is 14.4 Å². The maximum atomic E-state index is 13.7. The predicted molar refractivity (Wildman–Crippen MR) is 173 cm³/mol. The number of hydrogen-bond acceptors (Lipinski definition) is 9. The van der Waals surface area contributed by atoms with Crippen molar-refractivity contribution in [2.45, 2.75) is 0 Å². The minimum Gasteiger partial charge on any atom is -0.378 e. The number of aromatic nitrogens is 4. The van der Waals surface area contributed by atoms with Crippen molar-refractivity contribution in [3.63, 3.8) is 0 Å². The number of amides is 3. The highest BCUT2D eigenvalue weighted by molar-refractivity contribution is 7.21. The maximum absolute atomic E-state index is 13.7. The number of piperazine rings is 1. The summed E-state index contributed by atoms with van der Waals surface area (Å²) in [6, 6.07) is 14.5. The summed E-state index contributed by atoms with van der Waals surface area (Å²) in [6.45, 7) is 7.73. The van der Waals surface area contributed by atoms with Crippen LogP contribution in [0.2, 0.25) is 0 Å². The van der Waals surface area contributed by atoms with Gasteiger partial charge in [0.1, 0.15) is 0 Å². The molecular formula is C32H30N8O4S. The first-order valence-corrected chi connectivity index (χ1v) is 15.5. The van der Waals surface area contributed by atoms with E-state index < -0.39 is 0 Å². The van der Waals surface area contributed by atoms with Crippen LogP contribution in [0.3, 0.4) is 0 Å². The zero-order chi connectivity index (χ0) is 30.9. The number of morpholine rings is 1. The molecule has 5 heterocycles. The number of nitrogens with zero attached hydrogens (tertiary/aromatic N) is 6. The van der Waals surface area contributed by atoms with E-state index in [-0.39, 0.29) is 17.7 Å². The molecule has 13 heteroatoms. The van der Waals surface area contributed by atoms with Gasteiger partial charge in [-0.05, 0) is 42.5 Å². The molecule has 5 aromatic rings. The van der Waals surface area contributed by atoms with Gasteiger partial charge in [0.2, 0.25) is 5.91 Å². The molecule has 228 valence electrons. The highest BCUT2D eigenvalue weighted by Gasteiger charge is 2.28. The Morgan fingerprint density at radius 2 is 1.67 bits per heavy atom. The number of anilines is 2. The standard InChI is InChI=1S/C32H30N8O4S/c1-2-27(41)34-21-8-6-20(7-9-21)31(42)39-10-12-40(13-11-39)32(43)26-18-25-28(45-26)30(38-14-16-44-17-15-38)36-29(35-25)22-4-3-5-24-23(22)19-33-37-24/h2-9,18-19H,1,10-17H2,(H,33,37)(H,34,41). The third kappa shape index (κ3) is 5.63. The molecule has 0 unspecified atom stereocenters. The van der Waals surface area contributed by atoms with E-state index in [0.717, 1.165) is 32.5 Å². The zero-order valence-corrected chi connectivity index (χ0v) is 25.2. The molecule has 45 heavy (non-hydrogen) atoms. The lowest BCUT2D eigenvalue weighted by molar-refractivity contribution is -0.111. The van der Waals surface area contributed by atoms with Gasteiger partial charge in [0.25, 0.3) is 11.8 Å². The van der Waals surface area contributed by atoms with Crippen LogP contribution in [-0.2, 0) is 9.53 Å². The van der Waals surface area contributed by atoms with Crippen molar-refractivity contribution in [3.8, 4) is 11.4 Å². The summed E-state index contributed by atoms with van der Waals surface area (Å²) in [7, 11) is 0. The predicted octanol–water partition coefficient (Wildman–Crippen LogP) is 3.79. The summed E-state index contributed by atoms with van der Waals surface area (Å²) in [6.07, 6.45) is 2.97. The first-order chi connectivity index (χ1) is 22.0. The second kappa shape index (κ2) is 12.1. The van der Waals surface area contributed by atoms with Crippen LogP contribution in [0.25, 0.3) is 32.5 Å². The van der Waals surface area contributed by atoms with Gasteiger partial charge in [-0.3, -0.25) is 19.5 Å². The number of hydrogen-bond donors (Lipinski definition) is 2. The van der Waals surface area contributed by atoms with E-state index in [0.29, 0.717) is 74.4 Å². The summed E-state index contributed by atoms with van der Waals surface area (Å²) in [5.41, 5.74) is 3.59. The molecule has 2 aliphatic rings. The molecule has 0 spiro atoms. The van der Waals surface area contributed by atoms with Crippen molar-refractivity contribution in [2.24, 2.45) is 0 Å². The molecule has 0 aliphatic carbocycles. The van der Waals surface area contributed by atoms with Gasteiger partial charge in [-0.1, -0.05) is 18.7 Å². The Morgan fingerprint density at radius 3 is 2.40 bits per heavy atom. The highest BCUT2D eigenvalue weighted by atomic mass is 32.1. The summed E-state index contributed by atoms with van der Waals surface area (Å²) < 4.78 is 6.46. The van der Waals surface area contributed by atoms with E-state index in [2.05, 4.69) is 27.0 Å². The number of carbonyl (C=O) groups is 3. The third-order valence-corrected chi connectivity index (χ3v) is 9.15. The zero-order valence-electron chi connectivity index (χ0n) is 24.4. The molecular weight excluding hydrogens is 592 g/mol. The summed E-state index contributed by atoms with van der Waals surface area (Å²) in [4.78, 5) is 54.7. The minimum absolute atomic E-state index is 0.0844. The number of benzene rings is 2. The first kappa shape index (κ1) is 28.6. The molecule has 0 saturated carbocycles. The van der Waals surface area contributed by atoms with Crippen molar-refractivity contribution in [3.05, 3.63) is 77.8 Å². The molecule has 2 saturated heterocycles. The molecule has 2 N–H and O–H groups in total. The minimum atomic E-state index is -0.315. The lowest BCUT2D eigenvalue weighted by Crippen LogP contribution is -2.50. The van der Waals surface area contributed by atoms with Crippen molar-refractivity contribution in [1.82, 2.24) is 30.0 Å². The highest BCUT2D eigenvalue weighted by Crippen LogP contribution is 2.36. The number of carbonyl (C=O) groups excluding carboxylic acids is 3. The maximum Gasteiger partial charge on any atom is 0.264 e. The second-order valence-corrected chi connectivity index (χ2v) is 11.8. The number of fused-ring (bicyclic) bond motifs is 2. The fourth-order valence-corrected chi connectivity index (χ4v) is 6.72. The van der Waals surface area contributed by atoms with E-state index in [1.165, 1.54) is 17.4 Å². The Bertz CT molecular complexity index is 1920. The van der Waals surface area contributed by atoms with Gasteiger partial charge in [-0.15, -0.1) is 11.3 Å². The van der Waals surface area contributed by atoms with Crippen LogP contribution in [0.15, 0.2) is 67.4 Å². The summed E-state index contributed by atoms with van der Waals surface area (Å²) >= 11 is 1.41. The number of H-pyrrole nitrogens is 1. The van der Waals surface area contributed by atoms with Gasteiger partial charge in [0.15, 0.2) is 11.6 Å². The molecule has 2 fully saturated rings. The van der Waals surface area contributed by atoms with Crippen molar-refractivity contribution in [2.75, 3.05) is 62.7 Å². The van der Waals surface area contributed by atoms with Crippen molar-refractivity contribution in [1.29, 1.82) is 0 Å². The third-order valence-electron chi connectivity index (χ3n) is 8.04. The lowest BCUT2D eigenvalue weighted by Gasteiger charge is -2.34. The van der Waals surface area contributed by atoms with Crippen LogP contribution in [0, 0.1) is 0 Å². The van der Waals surface area contributed by atoms with E-state index >= 15 is 0 Å². The number of thiophene rings is 1. The molecule has 0 bridgehead atoms. The van der Waals surface area contributed by atoms with Crippen LogP contribution in [0.5, 0.6) is 0 Å². The molecule has 2 aliphatic heterocycles. The Balaban J connectivity index is 1.11. The smallest absolute Gasteiger partial charge is 0.264 e. The molecule has 7 rings (SSSR count). The van der Waals surface area contributed by atoms with Crippen LogP contribution in [-0.4, -0.2) is 100 Å². The summed E-state index contributed by atoms with van der Waals surface area (Å²) in [5, 5.41) is 10.8. The van der Waals surface area contributed by atoms with Gasteiger partial charge in [0, 0.05) is 61.5 Å². The van der Waals surface area contributed by atoms with Crippen LogP contribution < -0.4 is 10.2 Å². The molecule has 0 atom stereocenters. The number of nitrogens with one attached hydrogen (secondary N) is 2. The van der Waals surface area contributed by atoms with Gasteiger partial charge in [-0.25, -0.2) is 9.97 Å². The summed E-state index contributed by atoms with van der Waals surface area (Å²) in [5.74, 6) is 0.865. The van der Waals surface area contributed by atoms with E-state index in [4.69, 9.17) is 14.7 Å². The van der Waals surface area contributed by atoms with E-state index in [1.54, 1.807) is 40.3 Å². The fraction of sp³-hybridized carbons (Fsp3) is 0.250. The molecule has 0 radical (unpaired) electrons. The lowest BCUT2D eigenvalue weighted by atomic mass is 10.1. The Labute approximate surface area is 262 Å². The van der Waals surface area contributed by atoms with Gasteiger partial charge >= 0.3 is 0 Å². The topological polar surface area (TPSA) is 137 Å². The molecule has 12 nitrogen and oxygen atoms in total. The Hall–Kier alpha value is -5.14. The van der Waals surface area contributed by atoms with Crippen molar-refractivity contribution >= 4 is 61.7 Å². The van der Waals surface area contributed by atoms with Crippen molar-refractivity contribution < 1.29 is 19.1 Å². The Morgan fingerprint density at radius 1 is 0.933 bits per heavy atom. The Kier molecular flexibility index (Phi) is 7.69. The largest absolute Gasteiger partial charge is 0.378 e. The quantitative estimate of drug-likeness (QED) is 0.273. The number of aromatic amines is 1.